The van der Waals surface area contributed by atoms with Gasteiger partial charge >= 0.3 is 0 Å². The van der Waals surface area contributed by atoms with Crippen LogP contribution in [0, 0.1) is 0 Å². The molecule has 0 aliphatic heterocycles. The molecule has 0 radical (unpaired) electrons. The first-order chi connectivity index (χ1) is 8.19. The maximum atomic E-state index is 5.46. The zero-order chi connectivity index (χ0) is 12.3. The summed E-state index contributed by atoms with van der Waals surface area (Å²) in [5.41, 5.74) is 2.14. The Morgan fingerprint density at radius 1 is 1.35 bits per heavy atom. The summed E-state index contributed by atoms with van der Waals surface area (Å²) in [5, 5.41) is 3.14. The molecule has 1 N–H and O–H groups in total. The van der Waals surface area contributed by atoms with Crippen molar-refractivity contribution in [3.63, 3.8) is 0 Å². The fourth-order valence-corrected chi connectivity index (χ4v) is 1.79. The highest BCUT2D eigenvalue weighted by atomic mass is 79.9. The van der Waals surface area contributed by atoms with E-state index in [1.807, 2.05) is 19.2 Å². The summed E-state index contributed by atoms with van der Waals surface area (Å²) in [4.78, 5) is 4.46. The molecule has 2 aromatic rings. The van der Waals surface area contributed by atoms with Gasteiger partial charge in [0.1, 0.15) is 6.26 Å². The molecule has 1 aromatic heterocycles. The van der Waals surface area contributed by atoms with Gasteiger partial charge < -0.3 is 9.73 Å². The molecule has 1 atom stereocenters. The van der Waals surface area contributed by atoms with Crippen molar-refractivity contribution in [3.8, 4) is 0 Å². The number of nitrogens with zero attached hydrogens (tertiary/aromatic N) is 1. The molecule has 0 spiro atoms. The van der Waals surface area contributed by atoms with E-state index in [1.54, 1.807) is 6.26 Å². The molecule has 3 nitrogen and oxygen atoms in total. The minimum absolute atomic E-state index is 0.220. The van der Waals surface area contributed by atoms with Crippen LogP contribution >= 0.6 is 15.9 Å². The second kappa shape index (κ2) is 5.47. The molecule has 1 unspecified atom stereocenters. The minimum atomic E-state index is 0.220. The first kappa shape index (κ1) is 12.3. The summed E-state index contributed by atoms with van der Waals surface area (Å²) in [5.74, 6) is 0.754. The van der Waals surface area contributed by atoms with Gasteiger partial charge in [0, 0.05) is 16.9 Å². The van der Waals surface area contributed by atoms with Crippen LogP contribution in [-0.2, 0) is 6.42 Å². The SMILES string of the molecule is CNC(C)c1coc(Cc2ccc(Br)cc2)n1. The third-order valence-electron chi connectivity index (χ3n) is 2.71. The Kier molecular flexibility index (Phi) is 3.97. The Hall–Kier alpha value is -1.13. The molecule has 4 heteroatoms. The Labute approximate surface area is 109 Å². The number of benzene rings is 1. The van der Waals surface area contributed by atoms with E-state index in [-0.39, 0.29) is 6.04 Å². The number of hydrogen-bond acceptors (Lipinski definition) is 3. The van der Waals surface area contributed by atoms with Crippen molar-refractivity contribution in [2.24, 2.45) is 0 Å². The van der Waals surface area contributed by atoms with E-state index in [0.717, 1.165) is 22.5 Å². The van der Waals surface area contributed by atoms with Gasteiger partial charge in [-0.1, -0.05) is 28.1 Å². The van der Waals surface area contributed by atoms with Gasteiger partial charge in [0.25, 0.3) is 0 Å². The molecule has 0 bridgehead atoms. The van der Waals surface area contributed by atoms with Crippen LogP contribution in [0.1, 0.15) is 30.1 Å². The predicted molar refractivity (Wildman–Crippen MR) is 70.9 cm³/mol. The number of aromatic nitrogens is 1. The van der Waals surface area contributed by atoms with Gasteiger partial charge in [-0.2, -0.15) is 0 Å². The molecular weight excluding hydrogens is 280 g/mol. The van der Waals surface area contributed by atoms with Crippen LogP contribution in [0.5, 0.6) is 0 Å². The first-order valence-electron chi connectivity index (χ1n) is 5.55. The van der Waals surface area contributed by atoms with Gasteiger partial charge in [-0.25, -0.2) is 4.98 Å². The lowest BCUT2D eigenvalue weighted by molar-refractivity contribution is 0.505. The highest BCUT2D eigenvalue weighted by molar-refractivity contribution is 9.10. The van der Waals surface area contributed by atoms with E-state index in [2.05, 4.69) is 45.3 Å². The molecular formula is C13H15BrN2O. The van der Waals surface area contributed by atoms with Gasteiger partial charge in [0.2, 0.25) is 0 Å². The number of halogens is 1. The Morgan fingerprint density at radius 2 is 2.06 bits per heavy atom. The summed E-state index contributed by atoms with van der Waals surface area (Å²) < 4.78 is 6.54. The van der Waals surface area contributed by atoms with Crippen LogP contribution in [0.15, 0.2) is 39.4 Å². The van der Waals surface area contributed by atoms with E-state index in [4.69, 9.17) is 4.42 Å². The lowest BCUT2D eigenvalue weighted by Crippen LogP contribution is -2.12. The van der Waals surface area contributed by atoms with Crippen LogP contribution in [0.4, 0.5) is 0 Å². The number of rotatable bonds is 4. The normalized spacial score (nSPS) is 12.6. The molecule has 90 valence electrons. The van der Waals surface area contributed by atoms with Crippen molar-refractivity contribution in [3.05, 3.63) is 52.1 Å². The number of hydrogen-bond donors (Lipinski definition) is 1. The summed E-state index contributed by atoms with van der Waals surface area (Å²) >= 11 is 3.42. The average Bonchev–Trinajstić information content (AvgIpc) is 2.80. The van der Waals surface area contributed by atoms with E-state index in [1.165, 1.54) is 5.56 Å². The maximum absolute atomic E-state index is 5.46. The minimum Gasteiger partial charge on any atom is -0.448 e. The second-order valence-electron chi connectivity index (χ2n) is 3.98. The van der Waals surface area contributed by atoms with Gasteiger partial charge in [0.05, 0.1) is 5.69 Å². The van der Waals surface area contributed by atoms with Crippen LogP contribution < -0.4 is 5.32 Å². The van der Waals surface area contributed by atoms with E-state index < -0.39 is 0 Å². The van der Waals surface area contributed by atoms with Crippen LogP contribution in [-0.4, -0.2) is 12.0 Å². The van der Waals surface area contributed by atoms with Crippen LogP contribution in [0.2, 0.25) is 0 Å². The van der Waals surface area contributed by atoms with Gasteiger partial charge in [0.15, 0.2) is 5.89 Å². The summed E-state index contributed by atoms with van der Waals surface area (Å²) in [7, 11) is 1.91. The molecule has 2 rings (SSSR count). The highest BCUT2D eigenvalue weighted by Gasteiger charge is 2.09. The van der Waals surface area contributed by atoms with Crippen LogP contribution in [0.3, 0.4) is 0 Å². The molecule has 17 heavy (non-hydrogen) atoms. The van der Waals surface area contributed by atoms with Crippen molar-refractivity contribution in [2.45, 2.75) is 19.4 Å². The molecule has 1 heterocycles. The van der Waals surface area contributed by atoms with E-state index >= 15 is 0 Å². The number of oxazole rings is 1. The molecule has 0 fully saturated rings. The lowest BCUT2D eigenvalue weighted by Gasteiger charge is -2.03. The lowest BCUT2D eigenvalue weighted by atomic mass is 10.1. The molecule has 0 saturated heterocycles. The fraction of sp³-hybridized carbons (Fsp3) is 0.308. The Morgan fingerprint density at radius 3 is 2.71 bits per heavy atom. The molecule has 0 aliphatic rings. The van der Waals surface area contributed by atoms with Crippen molar-refractivity contribution in [1.29, 1.82) is 0 Å². The van der Waals surface area contributed by atoms with Crippen molar-refractivity contribution < 1.29 is 4.42 Å². The summed E-state index contributed by atoms with van der Waals surface area (Å²) in [6.07, 6.45) is 2.44. The molecule has 1 aromatic carbocycles. The van der Waals surface area contributed by atoms with E-state index in [9.17, 15) is 0 Å². The topological polar surface area (TPSA) is 38.1 Å². The smallest absolute Gasteiger partial charge is 0.198 e. The van der Waals surface area contributed by atoms with Crippen molar-refractivity contribution >= 4 is 15.9 Å². The standard InChI is InChI=1S/C13H15BrN2O/c1-9(15-2)12-8-17-13(16-12)7-10-3-5-11(14)6-4-10/h3-6,8-9,15H,7H2,1-2H3. The monoisotopic (exact) mass is 294 g/mol. The summed E-state index contributed by atoms with van der Waals surface area (Å²) in [6, 6.07) is 8.40. The Bertz CT molecular complexity index is 478. The third kappa shape index (κ3) is 3.17. The predicted octanol–water partition coefficient (Wildman–Crippen LogP) is 3.31. The van der Waals surface area contributed by atoms with Gasteiger partial charge in [-0.05, 0) is 31.7 Å². The molecule has 0 amide bonds. The molecule has 0 aliphatic carbocycles. The second-order valence-corrected chi connectivity index (χ2v) is 4.90. The zero-order valence-corrected chi connectivity index (χ0v) is 11.5. The Balaban J connectivity index is 2.08. The summed E-state index contributed by atoms with van der Waals surface area (Å²) in [6.45, 7) is 2.06. The van der Waals surface area contributed by atoms with Gasteiger partial charge in [-0.3, -0.25) is 0 Å². The largest absolute Gasteiger partial charge is 0.448 e. The maximum Gasteiger partial charge on any atom is 0.198 e. The fourth-order valence-electron chi connectivity index (χ4n) is 1.53. The zero-order valence-electron chi connectivity index (χ0n) is 9.90. The quantitative estimate of drug-likeness (QED) is 0.940. The first-order valence-corrected chi connectivity index (χ1v) is 6.34. The van der Waals surface area contributed by atoms with Crippen molar-refractivity contribution in [2.75, 3.05) is 7.05 Å². The molecule has 0 saturated carbocycles. The third-order valence-corrected chi connectivity index (χ3v) is 3.24. The van der Waals surface area contributed by atoms with E-state index in [0.29, 0.717) is 0 Å². The van der Waals surface area contributed by atoms with Crippen molar-refractivity contribution in [1.82, 2.24) is 10.3 Å². The average molecular weight is 295 g/mol. The van der Waals surface area contributed by atoms with Gasteiger partial charge in [-0.15, -0.1) is 0 Å². The van der Waals surface area contributed by atoms with Crippen LogP contribution in [0.25, 0.3) is 0 Å². The highest BCUT2D eigenvalue weighted by Crippen LogP contribution is 2.16. The number of nitrogens with one attached hydrogen (secondary N) is 1.